The molecule has 0 saturated carbocycles. The van der Waals surface area contributed by atoms with Crippen molar-refractivity contribution in [3.63, 3.8) is 0 Å². The minimum Gasteiger partial charge on any atom is -0.458 e. The second kappa shape index (κ2) is 5.64. The number of amides is 1. The fourth-order valence-corrected chi connectivity index (χ4v) is 2.02. The minimum absolute atomic E-state index is 0.0803. The maximum atomic E-state index is 12.5. The van der Waals surface area contributed by atoms with Crippen LogP contribution < -0.4 is 4.74 Å². The number of rotatable bonds is 2. The molecule has 1 aromatic rings. The molecule has 0 aromatic carbocycles. The van der Waals surface area contributed by atoms with E-state index in [1.54, 1.807) is 4.90 Å². The van der Waals surface area contributed by atoms with Crippen LogP contribution in [0.15, 0.2) is 12.3 Å². The van der Waals surface area contributed by atoms with Crippen LogP contribution in [0.2, 0.25) is 0 Å². The number of nitrogens with zero attached hydrogens (tertiary/aromatic N) is 3. The van der Waals surface area contributed by atoms with E-state index >= 15 is 0 Å². The van der Waals surface area contributed by atoms with Gasteiger partial charge in [-0.05, 0) is 18.9 Å². The first-order valence-corrected chi connectivity index (χ1v) is 6.18. The van der Waals surface area contributed by atoms with E-state index in [1.165, 1.54) is 6.92 Å². The average Bonchev–Trinajstić information content (AvgIpc) is 2.38. The highest BCUT2D eigenvalue weighted by atomic mass is 19.4. The zero-order chi connectivity index (χ0) is 14.8. The van der Waals surface area contributed by atoms with Crippen molar-refractivity contribution in [2.75, 3.05) is 13.1 Å². The molecule has 1 unspecified atom stereocenters. The lowest BCUT2D eigenvalue weighted by Crippen LogP contribution is -2.43. The maximum absolute atomic E-state index is 12.5. The number of piperidine rings is 1. The molecule has 110 valence electrons. The van der Waals surface area contributed by atoms with E-state index in [0.717, 1.165) is 18.7 Å². The Morgan fingerprint density at radius 1 is 1.50 bits per heavy atom. The predicted molar refractivity (Wildman–Crippen MR) is 62.9 cm³/mol. The average molecular weight is 289 g/mol. The summed E-state index contributed by atoms with van der Waals surface area (Å²) in [5.41, 5.74) is -1.04. The van der Waals surface area contributed by atoms with Crippen LogP contribution in [0, 0.1) is 0 Å². The van der Waals surface area contributed by atoms with Gasteiger partial charge in [0, 0.05) is 19.7 Å². The van der Waals surface area contributed by atoms with Crippen molar-refractivity contribution >= 4 is 5.91 Å². The molecule has 2 heterocycles. The normalized spacial score (nSPS) is 19.8. The number of likely N-dealkylation sites (tertiary alicyclic amines) is 1. The van der Waals surface area contributed by atoms with Crippen LogP contribution in [-0.4, -0.2) is 40.0 Å². The summed E-state index contributed by atoms with van der Waals surface area (Å²) in [6, 6.07) is 0.477. The molecular weight excluding hydrogens is 275 g/mol. The highest BCUT2D eigenvalue weighted by Gasteiger charge is 2.33. The fourth-order valence-electron chi connectivity index (χ4n) is 2.02. The zero-order valence-corrected chi connectivity index (χ0v) is 10.9. The Bertz CT molecular complexity index is 493. The lowest BCUT2D eigenvalue weighted by Gasteiger charge is -2.31. The van der Waals surface area contributed by atoms with Crippen molar-refractivity contribution in [1.29, 1.82) is 0 Å². The van der Waals surface area contributed by atoms with E-state index in [1.807, 2.05) is 0 Å². The predicted octanol–water partition coefficient (Wildman–Crippen LogP) is 1.89. The van der Waals surface area contributed by atoms with Gasteiger partial charge in [0.2, 0.25) is 5.91 Å². The Balaban J connectivity index is 2.04. The first-order valence-electron chi connectivity index (χ1n) is 6.18. The number of ether oxygens (including phenoxy) is 1. The Kier molecular flexibility index (Phi) is 4.10. The molecular formula is C12H14F3N3O2. The van der Waals surface area contributed by atoms with E-state index in [-0.39, 0.29) is 18.0 Å². The van der Waals surface area contributed by atoms with Crippen molar-refractivity contribution < 1.29 is 22.7 Å². The van der Waals surface area contributed by atoms with Gasteiger partial charge >= 0.3 is 12.2 Å². The quantitative estimate of drug-likeness (QED) is 0.834. The van der Waals surface area contributed by atoms with E-state index in [0.29, 0.717) is 19.5 Å². The number of carbonyl (C=O) groups excluding carboxylic acids is 1. The Hall–Kier alpha value is -1.86. The molecule has 1 saturated heterocycles. The second-order valence-electron chi connectivity index (χ2n) is 4.57. The van der Waals surface area contributed by atoms with Gasteiger partial charge in [0.25, 0.3) is 0 Å². The molecule has 0 spiro atoms. The molecule has 0 radical (unpaired) electrons. The van der Waals surface area contributed by atoms with Gasteiger partial charge in [-0.25, -0.2) is 4.98 Å². The number of hydrogen-bond acceptors (Lipinski definition) is 4. The summed E-state index contributed by atoms with van der Waals surface area (Å²) >= 11 is 0. The van der Waals surface area contributed by atoms with E-state index in [4.69, 9.17) is 4.74 Å². The molecule has 1 aliphatic rings. The summed E-state index contributed by atoms with van der Waals surface area (Å²) in [6.07, 6.45) is -2.50. The molecule has 1 aromatic heterocycles. The summed E-state index contributed by atoms with van der Waals surface area (Å²) in [5, 5.41) is 0. The number of aromatic nitrogens is 2. The summed E-state index contributed by atoms with van der Waals surface area (Å²) in [7, 11) is 0. The Morgan fingerprint density at radius 3 is 2.90 bits per heavy atom. The van der Waals surface area contributed by atoms with E-state index in [9.17, 15) is 18.0 Å². The van der Waals surface area contributed by atoms with Gasteiger partial charge in [-0.2, -0.15) is 18.2 Å². The lowest BCUT2D eigenvalue weighted by molar-refractivity contribution is -0.141. The van der Waals surface area contributed by atoms with Crippen LogP contribution in [0.5, 0.6) is 6.01 Å². The SMILES string of the molecule is CC(=O)N1CCCC(Oc2nccc(C(F)(F)F)n2)C1. The second-order valence-corrected chi connectivity index (χ2v) is 4.57. The van der Waals surface area contributed by atoms with Crippen molar-refractivity contribution in [1.82, 2.24) is 14.9 Å². The van der Waals surface area contributed by atoms with Crippen LogP contribution in [0.25, 0.3) is 0 Å². The molecule has 8 heteroatoms. The van der Waals surface area contributed by atoms with Gasteiger partial charge in [0.05, 0.1) is 6.54 Å². The monoisotopic (exact) mass is 289 g/mol. The topological polar surface area (TPSA) is 55.3 Å². The molecule has 0 N–H and O–H groups in total. The minimum atomic E-state index is -4.53. The Morgan fingerprint density at radius 2 is 2.25 bits per heavy atom. The summed E-state index contributed by atoms with van der Waals surface area (Å²) < 4.78 is 42.9. The van der Waals surface area contributed by atoms with Gasteiger partial charge in [-0.3, -0.25) is 4.79 Å². The standard InChI is InChI=1S/C12H14F3N3O2/c1-8(19)18-6-2-3-9(7-18)20-11-16-5-4-10(17-11)12(13,14)15/h4-5,9H,2-3,6-7H2,1H3. The first kappa shape index (κ1) is 14.5. The first-order chi connectivity index (χ1) is 9.36. The van der Waals surface area contributed by atoms with Gasteiger partial charge < -0.3 is 9.64 Å². The van der Waals surface area contributed by atoms with Crippen LogP contribution in [0.3, 0.4) is 0 Å². The molecule has 0 aliphatic carbocycles. The summed E-state index contributed by atoms with van der Waals surface area (Å²) in [6.45, 7) is 2.43. The highest BCUT2D eigenvalue weighted by Crippen LogP contribution is 2.28. The molecule has 5 nitrogen and oxygen atoms in total. The smallest absolute Gasteiger partial charge is 0.433 e. The number of halogens is 3. The zero-order valence-electron chi connectivity index (χ0n) is 10.9. The van der Waals surface area contributed by atoms with Crippen molar-refractivity contribution in [3.8, 4) is 6.01 Å². The number of carbonyl (C=O) groups is 1. The molecule has 2 rings (SSSR count). The van der Waals surface area contributed by atoms with E-state index in [2.05, 4.69) is 9.97 Å². The van der Waals surface area contributed by atoms with Crippen LogP contribution >= 0.6 is 0 Å². The van der Waals surface area contributed by atoms with Gasteiger partial charge in [0.1, 0.15) is 6.10 Å². The molecule has 1 fully saturated rings. The van der Waals surface area contributed by atoms with Gasteiger partial charge in [-0.1, -0.05) is 0 Å². The Labute approximate surface area is 113 Å². The van der Waals surface area contributed by atoms with Gasteiger partial charge in [0.15, 0.2) is 5.69 Å². The summed E-state index contributed by atoms with van der Waals surface area (Å²) in [5.74, 6) is -0.0803. The van der Waals surface area contributed by atoms with Crippen molar-refractivity contribution in [2.45, 2.75) is 32.0 Å². The van der Waals surface area contributed by atoms with Crippen LogP contribution in [-0.2, 0) is 11.0 Å². The van der Waals surface area contributed by atoms with Crippen LogP contribution in [0.1, 0.15) is 25.5 Å². The number of alkyl halides is 3. The van der Waals surface area contributed by atoms with Gasteiger partial charge in [-0.15, -0.1) is 0 Å². The lowest BCUT2D eigenvalue weighted by atomic mass is 10.1. The van der Waals surface area contributed by atoms with E-state index < -0.39 is 11.9 Å². The highest BCUT2D eigenvalue weighted by molar-refractivity contribution is 5.73. The van der Waals surface area contributed by atoms with Crippen molar-refractivity contribution in [2.24, 2.45) is 0 Å². The number of hydrogen-bond donors (Lipinski definition) is 0. The third-order valence-electron chi connectivity index (χ3n) is 3.02. The molecule has 0 bridgehead atoms. The maximum Gasteiger partial charge on any atom is 0.433 e. The largest absolute Gasteiger partial charge is 0.458 e. The fraction of sp³-hybridized carbons (Fsp3) is 0.583. The third-order valence-corrected chi connectivity index (χ3v) is 3.02. The molecule has 1 amide bonds. The molecule has 20 heavy (non-hydrogen) atoms. The molecule has 1 atom stereocenters. The molecule has 1 aliphatic heterocycles. The third kappa shape index (κ3) is 3.58. The summed E-state index contributed by atoms with van der Waals surface area (Å²) in [4.78, 5) is 19.9. The van der Waals surface area contributed by atoms with Crippen molar-refractivity contribution in [3.05, 3.63) is 18.0 Å². The van der Waals surface area contributed by atoms with Crippen LogP contribution in [0.4, 0.5) is 13.2 Å².